The molecule has 2 unspecified atom stereocenters. The number of hydrogen-bond donors (Lipinski definition) is 1. The van der Waals surface area contributed by atoms with Crippen LogP contribution in [0.4, 0.5) is 0 Å². The van der Waals surface area contributed by atoms with Crippen molar-refractivity contribution in [3.05, 3.63) is 0 Å². The Kier molecular flexibility index (Phi) is 5.92. The molecule has 2 heterocycles. The quantitative estimate of drug-likeness (QED) is 0.618. The summed E-state index contributed by atoms with van der Waals surface area (Å²) < 4.78 is 10.9. The summed E-state index contributed by atoms with van der Waals surface area (Å²) in [6.45, 7) is 4.35. The van der Waals surface area contributed by atoms with E-state index in [-0.39, 0.29) is 6.10 Å². The zero-order valence-corrected chi connectivity index (χ0v) is 12.0. The maximum absolute atomic E-state index is 6.13. The first kappa shape index (κ1) is 14.6. The Labute approximate surface area is 116 Å². The molecule has 2 N–H and O–H groups in total. The standard InChI is InChI=1S/C14H27N3O2/c1-18-13-11-19-9-6-12(13)10-16-14(15)17-7-4-2-3-5-8-17/h12-13H,2-11H2,1H3,(H2,15,16). The number of nitrogens with two attached hydrogens (primary N) is 1. The predicted molar refractivity (Wildman–Crippen MR) is 76.3 cm³/mol. The molecule has 0 amide bonds. The highest BCUT2D eigenvalue weighted by Gasteiger charge is 2.25. The Hall–Kier alpha value is -0.810. The van der Waals surface area contributed by atoms with Crippen LogP contribution in [-0.2, 0) is 9.47 Å². The van der Waals surface area contributed by atoms with Gasteiger partial charge in [-0.05, 0) is 19.3 Å². The molecule has 0 aliphatic carbocycles. The molecule has 2 atom stereocenters. The number of rotatable bonds is 3. The van der Waals surface area contributed by atoms with Crippen molar-refractivity contribution in [2.24, 2.45) is 16.6 Å². The van der Waals surface area contributed by atoms with Crippen molar-refractivity contribution in [2.75, 3.05) is 40.0 Å². The minimum atomic E-state index is 0.162. The molecule has 2 aliphatic rings. The number of guanidine groups is 1. The van der Waals surface area contributed by atoms with Crippen molar-refractivity contribution in [1.82, 2.24) is 4.90 Å². The number of ether oxygens (including phenoxy) is 2. The van der Waals surface area contributed by atoms with Gasteiger partial charge >= 0.3 is 0 Å². The lowest BCUT2D eigenvalue weighted by molar-refractivity contribution is -0.0624. The van der Waals surface area contributed by atoms with Gasteiger partial charge in [0.1, 0.15) is 0 Å². The van der Waals surface area contributed by atoms with Gasteiger partial charge in [-0.15, -0.1) is 0 Å². The van der Waals surface area contributed by atoms with Gasteiger partial charge in [0.2, 0.25) is 0 Å². The van der Waals surface area contributed by atoms with Crippen molar-refractivity contribution >= 4 is 5.96 Å². The third-order valence-electron chi connectivity index (χ3n) is 4.16. The van der Waals surface area contributed by atoms with Gasteiger partial charge in [-0.25, -0.2) is 0 Å². The highest BCUT2D eigenvalue weighted by Crippen LogP contribution is 2.18. The molecular formula is C14H27N3O2. The first-order chi connectivity index (χ1) is 9.31. The third-order valence-corrected chi connectivity index (χ3v) is 4.16. The van der Waals surface area contributed by atoms with Crippen LogP contribution in [0.5, 0.6) is 0 Å². The van der Waals surface area contributed by atoms with E-state index in [0.717, 1.165) is 32.7 Å². The topological polar surface area (TPSA) is 60.1 Å². The monoisotopic (exact) mass is 269 g/mol. The lowest BCUT2D eigenvalue weighted by Crippen LogP contribution is -2.40. The molecule has 0 radical (unpaired) electrons. The molecule has 0 aromatic heterocycles. The van der Waals surface area contributed by atoms with Gasteiger partial charge in [0.15, 0.2) is 5.96 Å². The van der Waals surface area contributed by atoms with Crippen LogP contribution < -0.4 is 5.73 Å². The van der Waals surface area contributed by atoms with Gasteiger partial charge in [0.25, 0.3) is 0 Å². The fourth-order valence-corrected chi connectivity index (χ4v) is 2.84. The average molecular weight is 269 g/mol. The van der Waals surface area contributed by atoms with E-state index >= 15 is 0 Å². The summed E-state index contributed by atoms with van der Waals surface area (Å²) in [4.78, 5) is 6.83. The van der Waals surface area contributed by atoms with Crippen molar-refractivity contribution in [2.45, 2.75) is 38.2 Å². The van der Waals surface area contributed by atoms with Gasteiger partial charge in [-0.1, -0.05) is 12.8 Å². The normalized spacial score (nSPS) is 30.2. The smallest absolute Gasteiger partial charge is 0.191 e. The first-order valence-electron chi connectivity index (χ1n) is 7.46. The van der Waals surface area contributed by atoms with Gasteiger partial charge in [-0.2, -0.15) is 0 Å². The molecule has 2 fully saturated rings. The molecule has 0 bridgehead atoms. The number of methoxy groups -OCH3 is 1. The second-order valence-corrected chi connectivity index (χ2v) is 5.50. The van der Waals surface area contributed by atoms with Crippen LogP contribution in [0, 0.1) is 5.92 Å². The molecule has 2 rings (SSSR count). The largest absolute Gasteiger partial charge is 0.379 e. The van der Waals surface area contributed by atoms with Crippen LogP contribution in [0.25, 0.3) is 0 Å². The van der Waals surface area contributed by atoms with Crippen molar-refractivity contribution < 1.29 is 9.47 Å². The van der Waals surface area contributed by atoms with E-state index in [9.17, 15) is 0 Å². The van der Waals surface area contributed by atoms with Crippen LogP contribution in [0.3, 0.4) is 0 Å². The molecule has 0 spiro atoms. The van der Waals surface area contributed by atoms with Gasteiger partial charge < -0.3 is 20.1 Å². The van der Waals surface area contributed by atoms with Crippen LogP contribution in [-0.4, -0.2) is 56.9 Å². The van der Waals surface area contributed by atoms with Crippen LogP contribution in [0.15, 0.2) is 4.99 Å². The Morgan fingerprint density at radius 2 is 2.05 bits per heavy atom. The zero-order chi connectivity index (χ0) is 13.5. The summed E-state index contributed by atoms with van der Waals surface area (Å²) >= 11 is 0. The van der Waals surface area contributed by atoms with E-state index in [4.69, 9.17) is 15.2 Å². The summed E-state index contributed by atoms with van der Waals surface area (Å²) in [6.07, 6.45) is 6.26. The first-order valence-corrected chi connectivity index (χ1v) is 7.46. The molecule has 5 nitrogen and oxygen atoms in total. The summed E-state index contributed by atoms with van der Waals surface area (Å²) in [6, 6.07) is 0. The van der Waals surface area contributed by atoms with Crippen LogP contribution in [0.1, 0.15) is 32.1 Å². The molecule has 2 aliphatic heterocycles. The second kappa shape index (κ2) is 7.70. The summed E-state index contributed by atoms with van der Waals surface area (Å²) in [7, 11) is 1.74. The molecule has 0 aromatic rings. The Morgan fingerprint density at radius 1 is 1.32 bits per heavy atom. The molecule has 110 valence electrons. The zero-order valence-electron chi connectivity index (χ0n) is 12.0. The number of aliphatic imine (C=N–C) groups is 1. The van der Waals surface area contributed by atoms with Gasteiger partial charge in [-0.3, -0.25) is 4.99 Å². The maximum atomic E-state index is 6.13. The second-order valence-electron chi connectivity index (χ2n) is 5.50. The number of likely N-dealkylation sites (tertiary alicyclic amines) is 1. The Balaban J connectivity index is 1.85. The van der Waals surface area contributed by atoms with Gasteiger partial charge in [0, 0.05) is 39.3 Å². The molecular weight excluding hydrogens is 242 g/mol. The van der Waals surface area contributed by atoms with E-state index in [0.29, 0.717) is 18.5 Å². The van der Waals surface area contributed by atoms with Crippen molar-refractivity contribution in [1.29, 1.82) is 0 Å². The average Bonchev–Trinajstić information content (AvgIpc) is 2.74. The molecule has 0 saturated carbocycles. The minimum Gasteiger partial charge on any atom is -0.379 e. The SMILES string of the molecule is COC1COCCC1CN=C(N)N1CCCCCC1. The fourth-order valence-electron chi connectivity index (χ4n) is 2.84. The van der Waals surface area contributed by atoms with E-state index in [1.165, 1.54) is 25.7 Å². The minimum absolute atomic E-state index is 0.162. The Bertz CT molecular complexity index is 288. The predicted octanol–water partition coefficient (Wildman–Crippen LogP) is 1.23. The van der Waals surface area contributed by atoms with Crippen LogP contribution in [0.2, 0.25) is 0 Å². The van der Waals surface area contributed by atoms with E-state index in [1.54, 1.807) is 7.11 Å². The molecule has 2 saturated heterocycles. The summed E-state index contributed by atoms with van der Waals surface area (Å²) in [5.41, 5.74) is 6.13. The maximum Gasteiger partial charge on any atom is 0.191 e. The van der Waals surface area contributed by atoms with E-state index < -0.39 is 0 Å². The Morgan fingerprint density at radius 3 is 2.74 bits per heavy atom. The van der Waals surface area contributed by atoms with E-state index in [2.05, 4.69) is 9.89 Å². The van der Waals surface area contributed by atoms with Crippen molar-refractivity contribution in [3.63, 3.8) is 0 Å². The lowest BCUT2D eigenvalue weighted by atomic mass is 9.97. The number of hydrogen-bond acceptors (Lipinski definition) is 3. The summed E-state index contributed by atoms with van der Waals surface area (Å²) in [5.74, 6) is 1.15. The third kappa shape index (κ3) is 4.35. The van der Waals surface area contributed by atoms with E-state index in [1.807, 2.05) is 0 Å². The molecule has 5 heteroatoms. The lowest BCUT2D eigenvalue weighted by Gasteiger charge is -2.30. The summed E-state index contributed by atoms with van der Waals surface area (Å²) in [5, 5.41) is 0. The highest BCUT2D eigenvalue weighted by molar-refractivity contribution is 5.78. The van der Waals surface area contributed by atoms with Gasteiger partial charge in [0.05, 0.1) is 12.7 Å². The van der Waals surface area contributed by atoms with Crippen LogP contribution >= 0.6 is 0 Å². The number of nitrogens with zero attached hydrogens (tertiary/aromatic N) is 2. The molecule has 19 heavy (non-hydrogen) atoms. The van der Waals surface area contributed by atoms with Crippen molar-refractivity contribution in [3.8, 4) is 0 Å². The highest BCUT2D eigenvalue weighted by atomic mass is 16.5. The fraction of sp³-hybridized carbons (Fsp3) is 0.929. The molecule has 0 aromatic carbocycles.